The topological polar surface area (TPSA) is 120 Å². The summed E-state index contributed by atoms with van der Waals surface area (Å²) in [5.74, 6) is 1.04. The second-order valence-electron chi connectivity index (χ2n) is 5.43. The van der Waals surface area contributed by atoms with Gasteiger partial charge in [0.2, 0.25) is 0 Å². The van der Waals surface area contributed by atoms with Crippen molar-refractivity contribution in [2.75, 3.05) is 14.2 Å². The molecular weight excluding hydrogens is 339 g/mol. The number of nitrogens with one attached hydrogen (secondary N) is 1. The Hall–Kier alpha value is -2.09. The lowest BCUT2D eigenvalue weighted by atomic mass is 10.1. The van der Waals surface area contributed by atoms with E-state index in [1.54, 1.807) is 13.8 Å². The summed E-state index contributed by atoms with van der Waals surface area (Å²) in [4.78, 5) is 25.7. The standard InChI is InChI=1S/C14H19N2O7P/c1-9-8-16(13(19)15-12(9)18)14(2)7-10(17)11(23-14)5-6-24(20,21-3)22-4/h5-6,8,17H,7H2,1-4H3,(H,15,18,19)/b6-5+. The Kier molecular flexibility index (Phi) is 4.89. The van der Waals surface area contributed by atoms with Gasteiger partial charge in [-0.25, -0.2) is 4.79 Å². The summed E-state index contributed by atoms with van der Waals surface area (Å²) in [7, 11) is -0.965. The van der Waals surface area contributed by atoms with Crippen LogP contribution in [-0.2, 0) is 24.1 Å². The normalized spacial score (nSPS) is 21.5. The predicted octanol–water partition coefficient (Wildman–Crippen LogP) is 1.71. The zero-order chi connectivity index (χ0) is 18.1. The van der Waals surface area contributed by atoms with Crippen LogP contribution in [-0.4, -0.2) is 28.9 Å². The predicted molar refractivity (Wildman–Crippen MR) is 85.8 cm³/mol. The maximum absolute atomic E-state index is 12.0. The molecule has 1 aromatic rings. The molecule has 9 nitrogen and oxygen atoms in total. The quantitative estimate of drug-likeness (QED) is 0.769. The van der Waals surface area contributed by atoms with E-state index in [2.05, 4.69) is 4.98 Å². The molecule has 0 fully saturated rings. The van der Waals surface area contributed by atoms with Gasteiger partial charge in [0.05, 0.1) is 6.42 Å². The van der Waals surface area contributed by atoms with Gasteiger partial charge in [0.15, 0.2) is 11.5 Å². The molecular formula is C14H19N2O7P. The Labute approximate surface area is 137 Å². The molecule has 1 atom stereocenters. The monoisotopic (exact) mass is 358 g/mol. The highest BCUT2D eigenvalue weighted by atomic mass is 31.2. The van der Waals surface area contributed by atoms with Crippen molar-refractivity contribution in [1.82, 2.24) is 9.55 Å². The van der Waals surface area contributed by atoms with E-state index in [9.17, 15) is 19.3 Å². The van der Waals surface area contributed by atoms with Crippen LogP contribution >= 0.6 is 7.60 Å². The van der Waals surface area contributed by atoms with E-state index < -0.39 is 24.6 Å². The number of aliphatic hydroxyl groups excluding tert-OH is 1. The van der Waals surface area contributed by atoms with Crippen LogP contribution in [0.15, 0.2) is 39.2 Å². The van der Waals surface area contributed by atoms with Crippen LogP contribution in [0.3, 0.4) is 0 Å². The molecule has 132 valence electrons. The van der Waals surface area contributed by atoms with Gasteiger partial charge in [-0.15, -0.1) is 0 Å². The Morgan fingerprint density at radius 2 is 2.04 bits per heavy atom. The Bertz CT molecular complexity index is 859. The molecule has 10 heteroatoms. The Morgan fingerprint density at radius 3 is 2.62 bits per heavy atom. The fourth-order valence-corrected chi connectivity index (χ4v) is 2.98. The van der Waals surface area contributed by atoms with Crippen LogP contribution < -0.4 is 11.2 Å². The number of hydrogen-bond donors (Lipinski definition) is 2. The van der Waals surface area contributed by atoms with Crippen LogP contribution in [0.5, 0.6) is 0 Å². The van der Waals surface area contributed by atoms with E-state index in [0.717, 1.165) is 5.82 Å². The van der Waals surface area contributed by atoms with Crippen molar-refractivity contribution in [1.29, 1.82) is 0 Å². The van der Waals surface area contributed by atoms with E-state index >= 15 is 0 Å². The maximum Gasteiger partial charge on any atom is 0.353 e. The SMILES string of the molecule is COP(=O)(/C=C/C1=C(O)CC(C)(n2cc(C)c(=O)[nH]c2=O)O1)OC. The Balaban J connectivity index is 2.35. The second kappa shape index (κ2) is 6.43. The molecule has 0 amide bonds. The van der Waals surface area contributed by atoms with Gasteiger partial charge < -0.3 is 18.9 Å². The van der Waals surface area contributed by atoms with E-state index in [-0.39, 0.29) is 17.9 Å². The van der Waals surface area contributed by atoms with Gasteiger partial charge >= 0.3 is 13.3 Å². The van der Waals surface area contributed by atoms with Crippen LogP contribution in [0, 0.1) is 6.92 Å². The minimum atomic E-state index is -3.42. The molecule has 0 saturated carbocycles. The highest BCUT2D eigenvalue weighted by molar-refractivity contribution is 7.57. The molecule has 2 rings (SSSR count). The van der Waals surface area contributed by atoms with E-state index in [4.69, 9.17) is 13.8 Å². The smallest absolute Gasteiger partial charge is 0.353 e. The summed E-state index contributed by atoms with van der Waals surface area (Å²) >= 11 is 0. The summed E-state index contributed by atoms with van der Waals surface area (Å²) in [6.07, 6.45) is 2.61. The van der Waals surface area contributed by atoms with Crippen molar-refractivity contribution >= 4 is 7.60 Å². The number of ether oxygens (including phenoxy) is 1. The van der Waals surface area contributed by atoms with Crippen LogP contribution in [0.4, 0.5) is 0 Å². The van der Waals surface area contributed by atoms with Gasteiger partial charge in [0, 0.05) is 31.8 Å². The minimum Gasteiger partial charge on any atom is -0.508 e. The van der Waals surface area contributed by atoms with Crippen molar-refractivity contribution in [2.24, 2.45) is 0 Å². The van der Waals surface area contributed by atoms with Crippen molar-refractivity contribution in [3.8, 4) is 0 Å². The van der Waals surface area contributed by atoms with Crippen molar-refractivity contribution in [3.05, 3.63) is 56.0 Å². The molecule has 0 radical (unpaired) electrons. The molecule has 0 saturated heterocycles. The van der Waals surface area contributed by atoms with E-state index in [0.29, 0.717) is 5.56 Å². The van der Waals surface area contributed by atoms with Crippen LogP contribution in [0.25, 0.3) is 0 Å². The Morgan fingerprint density at radius 1 is 1.42 bits per heavy atom. The maximum atomic E-state index is 12.0. The van der Waals surface area contributed by atoms with E-state index in [1.165, 1.54) is 31.1 Å². The minimum absolute atomic E-state index is 0.0116. The first-order valence-corrected chi connectivity index (χ1v) is 8.60. The molecule has 0 aliphatic carbocycles. The molecule has 2 heterocycles. The third-order valence-electron chi connectivity index (χ3n) is 3.66. The van der Waals surface area contributed by atoms with Gasteiger partial charge in [-0.2, -0.15) is 0 Å². The van der Waals surface area contributed by atoms with Crippen molar-refractivity contribution in [3.63, 3.8) is 0 Å². The van der Waals surface area contributed by atoms with Gasteiger partial charge in [-0.3, -0.25) is 18.9 Å². The molecule has 1 aliphatic rings. The average molecular weight is 358 g/mol. The largest absolute Gasteiger partial charge is 0.508 e. The number of H-pyrrole nitrogens is 1. The number of aryl methyl sites for hydroxylation is 1. The number of nitrogens with zero attached hydrogens (tertiary/aromatic N) is 1. The summed E-state index contributed by atoms with van der Waals surface area (Å²) in [6, 6.07) is 0. The third-order valence-corrected chi connectivity index (χ3v) is 5.19. The zero-order valence-electron chi connectivity index (χ0n) is 13.7. The molecule has 0 aromatic carbocycles. The molecule has 1 aromatic heterocycles. The number of aromatic nitrogens is 2. The first-order valence-electron chi connectivity index (χ1n) is 6.99. The van der Waals surface area contributed by atoms with E-state index in [1.807, 2.05) is 0 Å². The molecule has 1 unspecified atom stereocenters. The highest BCUT2D eigenvalue weighted by Crippen LogP contribution is 2.49. The summed E-state index contributed by atoms with van der Waals surface area (Å²) in [6.45, 7) is 3.13. The molecule has 2 N–H and O–H groups in total. The molecule has 0 spiro atoms. The van der Waals surface area contributed by atoms with Gasteiger partial charge in [0.25, 0.3) is 5.56 Å². The summed E-state index contributed by atoms with van der Waals surface area (Å²) in [5, 5.41) is 10.1. The number of rotatable bonds is 5. The van der Waals surface area contributed by atoms with Gasteiger partial charge in [-0.05, 0) is 19.9 Å². The van der Waals surface area contributed by atoms with Crippen LogP contribution in [0.2, 0.25) is 0 Å². The van der Waals surface area contributed by atoms with Crippen LogP contribution in [0.1, 0.15) is 18.9 Å². The number of allylic oxidation sites excluding steroid dienone is 1. The fraction of sp³-hybridized carbons (Fsp3) is 0.429. The lowest BCUT2D eigenvalue weighted by Crippen LogP contribution is -2.42. The second-order valence-corrected chi connectivity index (χ2v) is 7.54. The van der Waals surface area contributed by atoms with Crippen molar-refractivity contribution in [2.45, 2.75) is 26.0 Å². The molecule has 0 bridgehead atoms. The highest BCUT2D eigenvalue weighted by Gasteiger charge is 2.39. The molecule has 24 heavy (non-hydrogen) atoms. The van der Waals surface area contributed by atoms with Gasteiger partial charge in [-0.1, -0.05) is 0 Å². The molecule has 1 aliphatic heterocycles. The number of aliphatic hydroxyl groups is 1. The fourth-order valence-electron chi connectivity index (χ4n) is 2.27. The average Bonchev–Trinajstić information content (AvgIpc) is 2.83. The number of hydrogen-bond acceptors (Lipinski definition) is 7. The summed E-state index contributed by atoms with van der Waals surface area (Å²) < 4.78 is 28.4. The van der Waals surface area contributed by atoms with Crippen molar-refractivity contribution < 1.29 is 23.5 Å². The first-order chi connectivity index (χ1) is 11.1. The lowest BCUT2D eigenvalue weighted by Gasteiger charge is -2.26. The zero-order valence-corrected chi connectivity index (χ0v) is 14.6. The first kappa shape index (κ1) is 18.3. The third kappa shape index (κ3) is 3.38. The summed E-state index contributed by atoms with van der Waals surface area (Å²) in [5.41, 5.74) is -2.06. The lowest BCUT2D eigenvalue weighted by molar-refractivity contribution is -0.0279. The number of aromatic amines is 1. The van der Waals surface area contributed by atoms with Gasteiger partial charge in [0.1, 0.15) is 5.76 Å².